The number of amides is 1. The molecule has 35 heavy (non-hydrogen) atoms. The Morgan fingerprint density at radius 1 is 0.857 bits per heavy atom. The number of carbonyl (C=O) groups is 3. The lowest BCUT2D eigenvalue weighted by atomic mass is 10.0. The van der Waals surface area contributed by atoms with Crippen molar-refractivity contribution in [3.05, 3.63) is 58.4 Å². The zero-order chi connectivity index (χ0) is 25.5. The molecule has 0 bridgehead atoms. The number of ketones is 1. The fraction of sp³-hybridized carbons (Fsp3) is 0.481. The summed E-state index contributed by atoms with van der Waals surface area (Å²) < 4.78 is 0. The van der Waals surface area contributed by atoms with Gasteiger partial charge in [-0.1, -0.05) is 56.5 Å². The van der Waals surface area contributed by atoms with Gasteiger partial charge < -0.3 is 15.5 Å². The highest BCUT2D eigenvalue weighted by Gasteiger charge is 2.12. The first-order valence-corrected chi connectivity index (χ1v) is 12.7. The van der Waals surface area contributed by atoms with E-state index in [9.17, 15) is 19.5 Å². The molecule has 8 heteroatoms. The number of halogens is 1. The second-order valence-electron chi connectivity index (χ2n) is 8.80. The van der Waals surface area contributed by atoms with Gasteiger partial charge in [0.1, 0.15) is 17.2 Å². The highest BCUT2D eigenvalue weighted by Crippen LogP contribution is 2.22. The number of nitrogens with one attached hydrogen (secondary N) is 1. The van der Waals surface area contributed by atoms with Crippen molar-refractivity contribution >= 4 is 29.3 Å². The minimum atomic E-state index is -0.720. The Morgan fingerprint density at radius 2 is 1.51 bits per heavy atom. The van der Waals surface area contributed by atoms with E-state index in [4.69, 9.17) is 16.7 Å². The third-order valence-corrected chi connectivity index (χ3v) is 5.98. The Balaban J connectivity index is 1.62. The van der Waals surface area contributed by atoms with Gasteiger partial charge in [0, 0.05) is 42.6 Å². The molecule has 1 amide bonds. The van der Waals surface area contributed by atoms with Crippen LogP contribution in [-0.2, 0) is 22.4 Å². The van der Waals surface area contributed by atoms with Crippen LogP contribution in [0.25, 0.3) is 0 Å². The molecule has 0 saturated carbocycles. The molecule has 0 unspecified atom stereocenters. The molecule has 3 N–H and O–H groups in total. The Morgan fingerprint density at radius 3 is 2.20 bits per heavy atom. The first kappa shape index (κ1) is 28.3. The minimum absolute atomic E-state index is 0.0329. The molecular weight excluding hydrogens is 468 g/mol. The van der Waals surface area contributed by atoms with Crippen LogP contribution in [-0.4, -0.2) is 39.4 Å². The molecule has 2 aromatic rings. The zero-order valence-electron chi connectivity index (χ0n) is 20.1. The molecule has 190 valence electrons. The summed E-state index contributed by atoms with van der Waals surface area (Å²) in [6.07, 6.45) is 11.3. The summed E-state index contributed by atoms with van der Waals surface area (Å²) in [5, 5.41) is 21.8. The molecule has 0 aliphatic rings. The average molecular weight is 503 g/mol. The molecule has 0 spiro atoms. The summed E-state index contributed by atoms with van der Waals surface area (Å²) in [6.45, 7) is 0.576. The van der Waals surface area contributed by atoms with Crippen molar-refractivity contribution in [2.75, 3.05) is 6.54 Å². The summed E-state index contributed by atoms with van der Waals surface area (Å²) in [5.41, 5.74) is 1.45. The number of phenolic OH excluding ortho intramolecular Hbond substituents is 1. The molecule has 1 aromatic heterocycles. The van der Waals surface area contributed by atoms with Gasteiger partial charge in [0.2, 0.25) is 0 Å². The van der Waals surface area contributed by atoms with Crippen LogP contribution >= 0.6 is 11.6 Å². The van der Waals surface area contributed by atoms with Crippen LogP contribution in [0.4, 0.5) is 0 Å². The molecule has 0 radical (unpaired) electrons. The maximum Gasteiger partial charge on any atom is 0.303 e. The molecule has 2 rings (SSSR count). The fourth-order valence-electron chi connectivity index (χ4n) is 3.84. The van der Waals surface area contributed by atoms with Crippen LogP contribution in [0.5, 0.6) is 5.75 Å². The number of carboxylic acids is 1. The number of Topliss-reactive ketones (excluding diaryl/α,β-unsaturated/α-hetero) is 1. The number of nitrogens with zero attached hydrogens (tertiary/aromatic N) is 1. The summed E-state index contributed by atoms with van der Waals surface area (Å²) >= 11 is 5.94. The number of carbonyl (C=O) groups excluding carboxylic acids is 2. The van der Waals surface area contributed by atoms with Crippen molar-refractivity contribution in [2.45, 2.75) is 77.0 Å². The predicted molar refractivity (Wildman–Crippen MR) is 136 cm³/mol. The van der Waals surface area contributed by atoms with Crippen molar-refractivity contribution in [1.82, 2.24) is 10.3 Å². The van der Waals surface area contributed by atoms with E-state index >= 15 is 0 Å². The Hall–Kier alpha value is -2.93. The van der Waals surface area contributed by atoms with E-state index in [1.807, 2.05) is 0 Å². The normalized spacial score (nSPS) is 10.8. The molecular formula is C27H35ClN2O5. The number of carboxylic acid groups (broad SMARTS) is 1. The number of unbranched alkanes of at least 4 members (excludes halogenated alkanes) is 8. The lowest BCUT2D eigenvalue weighted by Crippen LogP contribution is -2.25. The number of rotatable bonds is 17. The van der Waals surface area contributed by atoms with E-state index in [0.717, 1.165) is 57.8 Å². The van der Waals surface area contributed by atoms with Gasteiger partial charge in [-0.25, -0.2) is 0 Å². The number of hydrogen-bond acceptors (Lipinski definition) is 5. The van der Waals surface area contributed by atoms with Crippen LogP contribution < -0.4 is 5.32 Å². The molecule has 0 saturated heterocycles. The number of hydrogen-bond donors (Lipinski definition) is 3. The van der Waals surface area contributed by atoms with Crippen molar-refractivity contribution in [3.8, 4) is 5.75 Å². The monoisotopic (exact) mass is 502 g/mol. The van der Waals surface area contributed by atoms with Gasteiger partial charge in [0.25, 0.3) is 5.91 Å². The third kappa shape index (κ3) is 11.9. The SMILES string of the molecule is O=C(O)CCCCCCCCCCCNC(=O)c1cc(CC(=O)Cc2cc(Cl)ccc2O)ccn1. The molecule has 0 aliphatic carbocycles. The second kappa shape index (κ2) is 15.9. The van der Waals surface area contributed by atoms with Gasteiger partial charge in [-0.3, -0.25) is 19.4 Å². The van der Waals surface area contributed by atoms with Gasteiger partial charge in [-0.05, 0) is 48.7 Å². The molecule has 1 heterocycles. The molecule has 0 atom stereocenters. The number of phenols is 1. The maximum atomic E-state index is 12.4. The lowest BCUT2D eigenvalue weighted by Gasteiger charge is -2.07. The van der Waals surface area contributed by atoms with E-state index < -0.39 is 5.97 Å². The molecule has 0 fully saturated rings. The number of aromatic hydroxyl groups is 1. The third-order valence-electron chi connectivity index (χ3n) is 5.74. The van der Waals surface area contributed by atoms with Crippen LogP contribution in [0, 0.1) is 0 Å². The summed E-state index contributed by atoms with van der Waals surface area (Å²) in [4.78, 5) is 39.4. The standard InChI is InChI=1S/C27H35ClN2O5/c28-22-11-12-25(32)21(18-22)19-23(31)16-20-13-15-29-24(17-20)27(35)30-14-9-7-5-3-1-2-4-6-8-10-26(33)34/h11-13,15,17-18,32H,1-10,14,16,19H2,(H,30,35)(H,33,34). The smallest absolute Gasteiger partial charge is 0.303 e. The summed E-state index contributed by atoms with van der Waals surface area (Å²) in [6, 6.07) is 7.94. The number of pyridine rings is 1. The topological polar surface area (TPSA) is 117 Å². The summed E-state index contributed by atoms with van der Waals surface area (Å²) in [5.74, 6) is -1.04. The first-order valence-electron chi connectivity index (χ1n) is 12.3. The number of aliphatic carboxylic acids is 1. The number of benzene rings is 1. The van der Waals surface area contributed by atoms with E-state index in [1.54, 1.807) is 24.3 Å². The van der Waals surface area contributed by atoms with Crippen LogP contribution in [0.1, 0.15) is 85.8 Å². The number of aromatic nitrogens is 1. The molecule has 7 nitrogen and oxygen atoms in total. The van der Waals surface area contributed by atoms with E-state index in [1.165, 1.54) is 12.3 Å². The van der Waals surface area contributed by atoms with Crippen LogP contribution in [0.15, 0.2) is 36.5 Å². The van der Waals surface area contributed by atoms with Crippen LogP contribution in [0.2, 0.25) is 5.02 Å². The van der Waals surface area contributed by atoms with Gasteiger partial charge in [0.15, 0.2) is 0 Å². The van der Waals surface area contributed by atoms with Gasteiger partial charge in [-0.2, -0.15) is 0 Å². The molecule has 0 aliphatic heterocycles. The zero-order valence-corrected chi connectivity index (χ0v) is 20.9. The highest BCUT2D eigenvalue weighted by atomic mass is 35.5. The quantitative estimate of drug-likeness (QED) is 0.245. The van der Waals surface area contributed by atoms with Crippen molar-refractivity contribution in [3.63, 3.8) is 0 Å². The van der Waals surface area contributed by atoms with E-state index in [-0.39, 0.29) is 42.4 Å². The predicted octanol–water partition coefficient (Wildman–Crippen LogP) is 5.51. The van der Waals surface area contributed by atoms with Gasteiger partial charge >= 0.3 is 5.97 Å². The Kier molecular flexibility index (Phi) is 12.8. The van der Waals surface area contributed by atoms with Crippen molar-refractivity contribution < 1.29 is 24.6 Å². The van der Waals surface area contributed by atoms with Crippen molar-refractivity contribution in [1.29, 1.82) is 0 Å². The second-order valence-corrected chi connectivity index (χ2v) is 9.23. The average Bonchev–Trinajstić information content (AvgIpc) is 2.82. The van der Waals surface area contributed by atoms with Gasteiger partial charge in [-0.15, -0.1) is 0 Å². The maximum absolute atomic E-state index is 12.4. The highest BCUT2D eigenvalue weighted by molar-refractivity contribution is 6.30. The largest absolute Gasteiger partial charge is 0.508 e. The Labute approximate surface area is 211 Å². The van der Waals surface area contributed by atoms with E-state index in [0.29, 0.717) is 22.7 Å². The van der Waals surface area contributed by atoms with Crippen LogP contribution in [0.3, 0.4) is 0 Å². The first-order chi connectivity index (χ1) is 16.8. The lowest BCUT2D eigenvalue weighted by molar-refractivity contribution is -0.137. The van der Waals surface area contributed by atoms with E-state index in [2.05, 4.69) is 10.3 Å². The minimum Gasteiger partial charge on any atom is -0.508 e. The fourth-order valence-corrected chi connectivity index (χ4v) is 4.03. The van der Waals surface area contributed by atoms with Crippen molar-refractivity contribution in [2.24, 2.45) is 0 Å². The van der Waals surface area contributed by atoms with Gasteiger partial charge in [0.05, 0.1) is 0 Å². The molecule has 1 aromatic carbocycles. The Bertz CT molecular complexity index is 980. The summed E-state index contributed by atoms with van der Waals surface area (Å²) in [7, 11) is 0.